The molecule has 7 nitrogen and oxygen atoms in total. The highest BCUT2D eigenvalue weighted by atomic mass is 16.6. The highest BCUT2D eigenvalue weighted by Gasteiger charge is 2.15. The minimum Gasteiger partial charge on any atom is -0.392 e. The summed E-state index contributed by atoms with van der Waals surface area (Å²) >= 11 is 0. The number of hydrogen-bond donors (Lipinski definition) is 3. The number of anilines is 1. The summed E-state index contributed by atoms with van der Waals surface area (Å²) in [6.07, 6.45) is -0.675. The van der Waals surface area contributed by atoms with Gasteiger partial charge in [-0.15, -0.1) is 0 Å². The van der Waals surface area contributed by atoms with Crippen LogP contribution in [0.5, 0.6) is 0 Å². The van der Waals surface area contributed by atoms with Gasteiger partial charge in [0.25, 0.3) is 5.69 Å². The number of hydrogen-bond acceptors (Lipinski definition) is 6. The summed E-state index contributed by atoms with van der Waals surface area (Å²) in [5.74, 6) is 0. The van der Waals surface area contributed by atoms with Crippen LogP contribution in [0.25, 0.3) is 0 Å². The highest BCUT2D eigenvalue weighted by Crippen LogP contribution is 2.22. The summed E-state index contributed by atoms with van der Waals surface area (Å²) < 4.78 is 0. The van der Waals surface area contributed by atoms with Crippen LogP contribution in [0.15, 0.2) is 18.2 Å². The summed E-state index contributed by atoms with van der Waals surface area (Å²) in [5, 5.41) is 31.5. The third kappa shape index (κ3) is 3.41. The predicted octanol–water partition coefficient (Wildman–Crippen LogP) is 0.586. The average molecular weight is 250 g/mol. The van der Waals surface area contributed by atoms with E-state index in [0.29, 0.717) is 5.69 Å². The Labute approximate surface area is 104 Å². The summed E-state index contributed by atoms with van der Waals surface area (Å²) in [6.45, 7) is 1.84. The van der Waals surface area contributed by atoms with Crippen LogP contribution in [0.3, 0.4) is 0 Å². The van der Waals surface area contributed by atoms with Crippen molar-refractivity contribution >= 4 is 11.4 Å². The van der Waals surface area contributed by atoms with Crippen LogP contribution < -0.4 is 11.1 Å². The second-order valence-corrected chi connectivity index (χ2v) is 3.89. The Hall–Kier alpha value is -2.17. The number of aliphatic hydroxyl groups excluding tert-OH is 1. The quantitative estimate of drug-likeness (QED) is 0.518. The molecule has 0 amide bonds. The van der Waals surface area contributed by atoms with E-state index in [2.05, 4.69) is 5.32 Å². The van der Waals surface area contributed by atoms with E-state index in [0.717, 1.165) is 0 Å². The monoisotopic (exact) mass is 250 g/mol. The lowest BCUT2D eigenvalue weighted by Gasteiger charge is -2.16. The predicted molar refractivity (Wildman–Crippen MR) is 66.0 cm³/mol. The number of nitriles is 1. The number of nitro groups is 1. The zero-order chi connectivity index (χ0) is 13.7. The maximum atomic E-state index is 10.7. The molecule has 0 aliphatic carbocycles. The topological polar surface area (TPSA) is 125 Å². The second kappa shape index (κ2) is 5.95. The van der Waals surface area contributed by atoms with Crippen LogP contribution in [-0.2, 0) is 0 Å². The molecule has 2 unspecified atom stereocenters. The minimum atomic E-state index is -0.675. The molecule has 4 N–H and O–H groups in total. The molecule has 0 aliphatic heterocycles. The average Bonchev–Trinajstić information content (AvgIpc) is 2.35. The van der Waals surface area contributed by atoms with Gasteiger partial charge in [-0.25, -0.2) is 0 Å². The fourth-order valence-corrected chi connectivity index (χ4v) is 1.29. The van der Waals surface area contributed by atoms with Gasteiger partial charge in [0, 0.05) is 24.3 Å². The molecule has 0 bridgehead atoms. The van der Waals surface area contributed by atoms with Gasteiger partial charge in [0.2, 0.25) is 0 Å². The molecule has 18 heavy (non-hydrogen) atoms. The number of rotatable bonds is 5. The zero-order valence-corrected chi connectivity index (χ0v) is 9.83. The molecular formula is C11H14N4O3. The Kier molecular flexibility index (Phi) is 4.59. The fourth-order valence-electron chi connectivity index (χ4n) is 1.29. The number of nitrogens with two attached hydrogens (primary N) is 1. The van der Waals surface area contributed by atoms with Crippen LogP contribution in [0, 0.1) is 21.4 Å². The van der Waals surface area contributed by atoms with Crippen molar-refractivity contribution in [3.05, 3.63) is 33.9 Å². The van der Waals surface area contributed by atoms with Crippen molar-refractivity contribution in [1.82, 2.24) is 0 Å². The highest BCUT2D eigenvalue weighted by molar-refractivity contribution is 5.59. The number of nitrogens with one attached hydrogen (secondary N) is 1. The maximum absolute atomic E-state index is 10.7. The summed E-state index contributed by atoms with van der Waals surface area (Å²) in [7, 11) is 0. The molecular weight excluding hydrogens is 236 g/mol. The van der Waals surface area contributed by atoms with Crippen molar-refractivity contribution in [3.63, 3.8) is 0 Å². The normalized spacial score (nSPS) is 13.4. The first kappa shape index (κ1) is 13.9. The van der Waals surface area contributed by atoms with E-state index in [1.165, 1.54) is 12.1 Å². The van der Waals surface area contributed by atoms with E-state index in [9.17, 15) is 15.2 Å². The van der Waals surface area contributed by atoms with Crippen molar-refractivity contribution in [3.8, 4) is 6.07 Å². The van der Waals surface area contributed by atoms with Gasteiger partial charge < -0.3 is 16.2 Å². The third-order valence-electron chi connectivity index (χ3n) is 2.48. The van der Waals surface area contributed by atoms with Gasteiger partial charge >= 0.3 is 0 Å². The van der Waals surface area contributed by atoms with Gasteiger partial charge in [0.05, 0.1) is 11.0 Å². The largest absolute Gasteiger partial charge is 0.392 e. The Balaban J connectivity index is 2.83. The van der Waals surface area contributed by atoms with Crippen molar-refractivity contribution in [1.29, 1.82) is 5.26 Å². The fraction of sp³-hybridized carbons (Fsp3) is 0.364. The molecule has 0 aromatic heterocycles. The minimum absolute atomic E-state index is 0.00498. The number of nitro benzene ring substituents is 1. The van der Waals surface area contributed by atoms with Crippen LogP contribution in [-0.4, -0.2) is 28.7 Å². The lowest BCUT2D eigenvalue weighted by Crippen LogP contribution is -2.38. The van der Waals surface area contributed by atoms with E-state index in [-0.39, 0.29) is 17.8 Å². The third-order valence-corrected chi connectivity index (χ3v) is 2.48. The molecule has 0 saturated carbocycles. The van der Waals surface area contributed by atoms with Gasteiger partial charge in [-0.2, -0.15) is 5.26 Å². The SMILES string of the molecule is CC(O)C(N)CNc1ccc(C#N)c([N+](=O)[O-])c1. The van der Waals surface area contributed by atoms with E-state index in [1.807, 2.05) is 0 Å². The Morgan fingerprint density at radius 2 is 2.33 bits per heavy atom. The van der Waals surface area contributed by atoms with Gasteiger partial charge in [-0.1, -0.05) is 0 Å². The van der Waals surface area contributed by atoms with Gasteiger partial charge in [-0.05, 0) is 19.1 Å². The van der Waals surface area contributed by atoms with Crippen LogP contribution in [0.4, 0.5) is 11.4 Å². The maximum Gasteiger partial charge on any atom is 0.289 e. The van der Waals surface area contributed by atoms with Crippen LogP contribution in [0.1, 0.15) is 12.5 Å². The van der Waals surface area contributed by atoms with Crippen LogP contribution in [0.2, 0.25) is 0 Å². The van der Waals surface area contributed by atoms with Gasteiger partial charge in [0.1, 0.15) is 11.6 Å². The molecule has 0 spiro atoms. The molecule has 0 heterocycles. The smallest absolute Gasteiger partial charge is 0.289 e. The van der Waals surface area contributed by atoms with Crippen LogP contribution >= 0.6 is 0 Å². The first-order valence-electron chi connectivity index (χ1n) is 5.31. The molecule has 2 atom stereocenters. The summed E-state index contributed by atoms with van der Waals surface area (Å²) in [4.78, 5) is 10.1. The van der Waals surface area contributed by atoms with Crippen molar-refractivity contribution in [2.24, 2.45) is 5.73 Å². The molecule has 0 saturated heterocycles. The number of aliphatic hydroxyl groups is 1. The lowest BCUT2D eigenvalue weighted by atomic mass is 10.1. The molecule has 1 aromatic carbocycles. The number of nitrogens with zero attached hydrogens (tertiary/aromatic N) is 2. The molecule has 1 rings (SSSR count). The van der Waals surface area contributed by atoms with Gasteiger partial charge in [0.15, 0.2) is 0 Å². The van der Waals surface area contributed by atoms with Crippen molar-refractivity contribution in [2.75, 3.05) is 11.9 Å². The first-order chi connectivity index (χ1) is 8.45. The molecule has 96 valence electrons. The standard InChI is InChI=1S/C11H14N4O3/c1-7(16)10(13)6-14-9-3-2-8(5-12)11(4-9)15(17)18/h2-4,7,10,14,16H,6,13H2,1H3. The first-order valence-corrected chi connectivity index (χ1v) is 5.31. The number of benzene rings is 1. The lowest BCUT2D eigenvalue weighted by molar-refractivity contribution is -0.385. The Bertz CT molecular complexity index is 482. The molecule has 7 heteroatoms. The van der Waals surface area contributed by atoms with E-state index >= 15 is 0 Å². The molecule has 0 aliphatic rings. The Morgan fingerprint density at radius 3 is 2.83 bits per heavy atom. The van der Waals surface area contributed by atoms with Crippen molar-refractivity contribution < 1.29 is 10.0 Å². The summed E-state index contributed by atoms with van der Waals surface area (Å²) in [5.41, 5.74) is 5.85. The second-order valence-electron chi connectivity index (χ2n) is 3.89. The zero-order valence-electron chi connectivity index (χ0n) is 9.83. The van der Waals surface area contributed by atoms with E-state index in [4.69, 9.17) is 11.0 Å². The molecule has 0 fully saturated rings. The summed E-state index contributed by atoms with van der Waals surface area (Å²) in [6, 6.07) is 5.48. The molecule has 1 aromatic rings. The Morgan fingerprint density at radius 1 is 1.67 bits per heavy atom. The van der Waals surface area contributed by atoms with E-state index < -0.39 is 17.1 Å². The van der Waals surface area contributed by atoms with Crippen molar-refractivity contribution in [2.45, 2.75) is 19.1 Å². The molecule has 0 radical (unpaired) electrons. The van der Waals surface area contributed by atoms with E-state index in [1.54, 1.807) is 19.1 Å². The van der Waals surface area contributed by atoms with Gasteiger partial charge in [-0.3, -0.25) is 10.1 Å².